The van der Waals surface area contributed by atoms with E-state index >= 15 is 0 Å². The fourth-order valence-electron chi connectivity index (χ4n) is 3.66. The number of aromatic nitrogens is 1. The zero-order valence-electron chi connectivity index (χ0n) is 18.0. The number of halogens is 4. The Balaban J connectivity index is 1.55. The minimum absolute atomic E-state index is 0.0764. The van der Waals surface area contributed by atoms with Crippen LogP contribution in [-0.4, -0.2) is 31.1 Å². The number of benzene rings is 1. The van der Waals surface area contributed by atoms with Gasteiger partial charge in [-0.1, -0.05) is 13.0 Å². The van der Waals surface area contributed by atoms with Crippen LogP contribution in [0.1, 0.15) is 30.5 Å². The van der Waals surface area contributed by atoms with Gasteiger partial charge in [0, 0.05) is 36.7 Å². The van der Waals surface area contributed by atoms with Crippen LogP contribution in [0, 0.1) is 30.4 Å². The summed E-state index contributed by atoms with van der Waals surface area (Å²) < 4.78 is 81.3. The largest absolute Gasteiger partial charge is 0.314 e. The molecule has 1 aromatic heterocycles. The number of allylic oxidation sites excluding steroid dienone is 1. The van der Waals surface area contributed by atoms with Crippen LogP contribution < -0.4 is 10.0 Å². The Labute approximate surface area is 193 Å². The summed E-state index contributed by atoms with van der Waals surface area (Å²) in [6, 6.07) is 3.63. The standard InChI is InChI=1S/C22H20F4N4O3S/c1-11-15(5-6-27-20(11)29-21(31)16-9-22(16,25)26)13-7-18(12(2)28-10-13)30-34(32,33)19-4-3-14(23)8-17(19)24/h3-8,10-11,15-16,30H,9H2,1-2H3,(H,27,29,31). The highest BCUT2D eigenvalue weighted by Gasteiger charge is 2.61. The molecule has 1 fully saturated rings. The predicted molar refractivity (Wildman–Crippen MR) is 116 cm³/mol. The third kappa shape index (κ3) is 4.67. The molecule has 7 nitrogen and oxygen atoms in total. The Hall–Kier alpha value is -3.28. The van der Waals surface area contributed by atoms with Gasteiger partial charge >= 0.3 is 0 Å². The third-order valence-electron chi connectivity index (χ3n) is 5.79. The average Bonchev–Trinajstić information content (AvgIpc) is 3.39. The number of alkyl halides is 2. The van der Waals surface area contributed by atoms with Crippen LogP contribution in [0.2, 0.25) is 0 Å². The summed E-state index contributed by atoms with van der Waals surface area (Å²) in [6.07, 6.45) is 4.13. The van der Waals surface area contributed by atoms with Gasteiger partial charge in [-0.05, 0) is 30.7 Å². The first kappa shape index (κ1) is 23.9. The molecule has 1 amide bonds. The lowest BCUT2D eigenvalue weighted by Gasteiger charge is -2.26. The summed E-state index contributed by atoms with van der Waals surface area (Å²) in [5, 5.41) is 2.46. The summed E-state index contributed by atoms with van der Waals surface area (Å²) in [5.41, 5.74) is 0.929. The number of amides is 1. The van der Waals surface area contributed by atoms with Gasteiger partial charge in [0.1, 0.15) is 28.3 Å². The zero-order valence-corrected chi connectivity index (χ0v) is 18.8. The van der Waals surface area contributed by atoms with Gasteiger partial charge in [-0.15, -0.1) is 0 Å². The SMILES string of the molecule is Cc1ncc(C2C=CN=C(NC(=O)C3CC3(F)F)C2C)cc1NS(=O)(=O)c1ccc(F)cc1F. The fourth-order valence-corrected chi connectivity index (χ4v) is 4.82. The molecule has 1 aliphatic carbocycles. The summed E-state index contributed by atoms with van der Waals surface area (Å²) in [4.78, 5) is 19.7. The Bertz CT molecular complexity index is 1330. The van der Waals surface area contributed by atoms with Crippen molar-refractivity contribution in [1.82, 2.24) is 10.3 Å². The second-order valence-electron chi connectivity index (χ2n) is 8.26. The van der Waals surface area contributed by atoms with E-state index in [1.54, 1.807) is 19.9 Å². The molecule has 0 radical (unpaired) electrons. The smallest absolute Gasteiger partial charge is 0.264 e. The molecule has 0 bridgehead atoms. The maximum Gasteiger partial charge on any atom is 0.264 e. The Morgan fingerprint density at radius 3 is 2.56 bits per heavy atom. The molecule has 2 N–H and O–H groups in total. The number of rotatable bonds is 5. The molecule has 1 aliphatic heterocycles. The number of carbonyl (C=O) groups excluding carboxylic acids is 1. The van der Waals surface area contributed by atoms with Crippen molar-refractivity contribution in [2.45, 2.75) is 37.0 Å². The number of pyridine rings is 1. The number of carbonyl (C=O) groups is 1. The summed E-state index contributed by atoms with van der Waals surface area (Å²) in [5.74, 6) is -7.98. The maximum absolute atomic E-state index is 14.0. The van der Waals surface area contributed by atoms with E-state index in [0.717, 1.165) is 12.1 Å². The van der Waals surface area contributed by atoms with E-state index in [0.29, 0.717) is 17.3 Å². The van der Waals surface area contributed by atoms with Crippen molar-refractivity contribution in [2.24, 2.45) is 16.8 Å². The number of nitrogens with zero attached hydrogens (tertiary/aromatic N) is 2. The zero-order chi connectivity index (χ0) is 24.8. The van der Waals surface area contributed by atoms with Crippen molar-refractivity contribution in [3.05, 3.63) is 65.6 Å². The highest BCUT2D eigenvalue weighted by Crippen LogP contribution is 2.48. The van der Waals surface area contributed by atoms with Crippen LogP contribution in [0.5, 0.6) is 0 Å². The molecule has 1 saturated carbocycles. The monoisotopic (exact) mass is 496 g/mol. The Kier molecular flexibility index (Phi) is 5.96. The topological polar surface area (TPSA) is 101 Å². The lowest BCUT2D eigenvalue weighted by Crippen LogP contribution is -2.39. The second kappa shape index (κ2) is 8.49. The van der Waals surface area contributed by atoms with E-state index in [1.165, 1.54) is 18.5 Å². The van der Waals surface area contributed by atoms with Crippen molar-refractivity contribution < 1.29 is 30.8 Å². The van der Waals surface area contributed by atoms with Gasteiger partial charge in [-0.25, -0.2) is 31.0 Å². The molecule has 4 rings (SSSR count). The first-order valence-electron chi connectivity index (χ1n) is 10.3. The molecule has 0 saturated heterocycles. The molecule has 3 atom stereocenters. The molecular weight excluding hydrogens is 476 g/mol. The van der Waals surface area contributed by atoms with E-state index in [1.807, 2.05) is 0 Å². The van der Waals surface area contributed by atoms with Gasteiger partial charge in [0.25, 0.3) is 15.9 Å². The minimum atomic E-state index is -4.39. The lowest BCUT2D eigenvalue weighted by molar-refractivity contribution is -0.123. The van der Waals surface area contributed by atoms with Crippen molar-refractivity contribution in [3.63, 3.8) is 0 Å². The van der Waals surface area contributed by atoms with Gasteiger partial charge < -0.3 is 5.32 Å². The molecule has 12 heteroatoms. The number of anilines is 1. The molecule has 1 aromatic carbocycles. The van der Waals surface area contributed by atoms with Crippen molar-refractivity contribution in [1.29, 1.82) is 0 Å². The van der Waals surface area contributed by atoms with Gasteiger partial charge in [-0.3, -0.25) is 14.5 Å². The molecular formula is C22H20F4N4O3S. The Morgan fingerprint density at radius 2 is 1.91 bits per heavy atom. The number of hydrogen-bond donors (Lipinski definition) is 2. The van der Waals surface area contributed by atoms with E-state index in [4.69, 9.17) is 0 Å². The van der Waals surface area contributed by atoms with Gasteiger partial charge in [0.2, 0.25) is 5.91 Å². The van der Waals surface area contributed by atoms with Crippen LogP contribution in [0.15, 0.2) is 52.6 Å². The van der Waals surface area contributed by atoms with E-state index in [2.05, 4.69) is 20.0 Å². The predicted octanol–water partition coefficient (Wildman–Crippen LogP) is 3.89. The van der Waals surface area contributed by atoms with Crippen molar-refractivity contribution in [2.75, 3.05) is 4.72 Å². The highest BCUT2D eigenvalue weighted by atomic mass is 32.2. The van der Waals surface area contributed by atoms with E-state index < -0.39 is 62.6 Å². The number of sulfonamides is 1. The minimum Gasteiger partial charge on any atom is -0.314 e. The lowest BCUT2D eigenvalue weighted by atomic mass is 9.85. The normalized spacial score (nSPS) is 23.2. The molecule has 2 heterocycles. The molecule has 2 aliphatic rings. The Morgan fingerprint density at radius 1 is 1.21 bits per heavy atom. The third-order valence-corrected chi connectivity index (χ3v) is 7.19. The fraction of sp³-hybridized carbons (Fsp3) is 0.318. The van der Waals surface area contributed by atoms with Gasteiger partial charge in [0.05, 0.1) is 11.4 Å². The van der Waals surface area contributed by atoms with Crippen LogP contribution >= 0.6 is 0 Å². The van der Waals surface area contributed by atoms with Crippen LogP contribution in [-0.2, 0) is 14.8 Å². The van der Waals surface area contributed by atoms with Crippen LogP contribution in [0.3, 0.4) is 0 Å². The maximum atomic E-state index is 14.0. The van der Waals surface area contributed by atoms with E-state index in [9.17, 15) is 30.8 Å². The quantitative estimate of drug-likeness (QED) is 0.614. The van der Waals surface area contributed by atoms with E-state index in [-0.39, 0.29) is 11.5 Å². The first-order chi connectivity index (χ1) is 15.9. The van der Waals surface area contributed by atoms with Crippen molar-refractivity contribution in [3.8, 4) is 0 Å². The molecule has 180 valence electrons. The summed E-state index contributed by atoms with van der Waals surface area (Å²) in [7, 11) is -4.39. The number of amidine groups is 1. The summed E-state index contributed by atoms with van der Waals surface area (Å²) >= 11 is 0. The molecule has 2 aromatic rings. The number of aryl methyl sites for hydroxylation is 1. The number of nitrogens with one attached hydrogen (secondary N) is 2. The van der Waals surface area contributed by atoms with Crippen molar-refractivity contribution >= 4 is 27.5 Å². The van der Waals surface area contributed by atoms with Gasteiger partial charge in [-0.2, -0.15) is 0 Å². The number of aliphatic imine (C=N–C) groups is 1. The first-order valence-corrected chi connectivity index (χ1v) is 11.7. The molecule has 34 heavy (non-hydrogen) atoms. The molecule has 3 unspecified atom stereocenters. The summed E-state index contributed by atoms with van der Waals surface area (Å²) in [6.45, 7) is 3.28. The average molecular weight is 496 g/mol. The van der Waals surface area contributed by atoms with Crippen LogP contribution in [0.4, 0.5) is 23.2 Å². The second-order valence-corrected chi connectivity index (χ2v) is 9.91. The highest BCUT2D eigenvalue weighted by molar-refractivity contribution is 7.92. The molecule has 0 spiro atoms. The number of hydrogen-bond acceptors (Lipinski definition) is 5. The van der Waals surface area contributed by atoms with Gasteiger partial charge in [0.15, 0.2) is 0 Å². The van der Waals surface area contributed by atoms with Crippen LogP contribution in [0.25, 0.3) is 0 Å².